The average molecular weight is 374 g/mol. The van der Waals surface area contributed by atoms with E-state index in [-0.39, 0.29) is 5.57 Å². The zero-order valence-electron chi connectivity index (χ0n) is 12.6. The second kappa shape index (κ2) is 7.82. The summed E-state index contributed by atoms with van der Waals surface area (Å²) in [7, 11) is 1.60. The lowest BCUT2D eigenvalue weighted by Gasteiger charge is -2.16. The highest BCUT2D eigenvalue weighted by atomic mass is 79.9. The van der Waals surface area contributed by atoms with Crippen molar-refractivity contribution >= 4 is 15.9 Å². The van der Waals surface area contributed by atoms with Gasteiger partial charge in [-0.15, -0.1) is 0 Å². The Kier molecular flexibility index (Phi) is 5.80. The lowest BCUT2D eigenvalue weighted by Crippen LogP contribution is -2.04. The average Bonchev–Trinajstić information content (AvgIpc) is 2.60. The van der Waals surface area contributed by atoms with Gasteiger partial charge in [0, 0.05) is 15.6 Å². The first-order valence-electron chi connectivity index (χ1n) is 6.88. The summed E-state index contributed by atoms with van der Waals surface area (Å²) in [5, 5.41) is 19.1. The van der Waals surface area contributed by atoms with E-state index in [9.17, 15) is 5.11 Å². The Labute approximate surface area is 143 Å². The molecule has 1 atom stereocenters. The normalized spacial score (nSPS) is 11.4. The maximum atomic E-state index is 10.2. The minimum Gasteiger partial charge on any atom is -0.497 e. The minimum absolute atomic E-state index is 0.0728. The second-order valence-corrected chi connectivity index (χ2v) is 5.68. The number of ether oxygens (including phenoxy) is 2. The van der Waals surface area contributed by atoms with Crippen LogP contribution in [-0.4, -0.2) is 12.2 Å². The summed E-state index contributed by atoms with van der Waals surface area (Å²) < 4.78 is 11.9. The van der Waals surface area contributed by atoms with Crippen LogP contribution >= 0.6 is 15.9 Å². The van der Waals surface area contributed by atoms with E-state index in [2.05, 4.69) is 22.5 Å². The molecule has 0 aromatic heterocycles. The van der Waals surface area contributed by atoms with Crippen molar-refractivity contribution < 1.29 is 14.6 Å². The Bertz CT molecular complexity index is 752. The predicted molar refractivity (Wildman–Crippen MR) is 91.2 cm³/mol. The van der Waals surface area contributed by atoms with Gasteiger partial charge < -0.3 is 14.6 Å². The molecule has 0 aliphatic carbocycles. The molecule has 0 spiro atoms. The quantitative estimate of drug-likeness (QED) is 0.772. The Hall–Kier alpha value is -2.29. The lowest BCUT2D eigenvalue weighted by atomic mass is 10.0. The standard InChI is InChI=1S/C18H16BrNO3/c1-12(10-20)18(21)15-5-3-4-6-17(15)23-11-13-9-14(22-2)7-8-16(13)19/h3-9,18,21H,1,11H2,2H3. The van der Waals surface area contributed by atoms with Gasteiger partial charge in [-0.3, -0.25) is 0 Å². The number of aliphatic hydroxyl groups excluding tert-OH is 1. The third kappa shape index (κ3) is 4.13. The third-order valence-electron chi connectivity index (χ3n) is 3.32. The van der Waals surface area contributed by atoms with Crippen molar-refractivity contribution in [2.75, 3.05) is 7.11 Å². The van der Waals surface area contributed by atoms with E-state index in [0.29, 0.717) is 17.9 Å². The second-order valence-electron chi connectivity index (χ2n) is 4.82. The van der Waals surface area contributed by atoms with Gasteiger partial charge in [0.25, 0.3) is 0 Å². The highest BCUT2D eigenvalue weighted by Crippen LogP contribution is 2.30. The minimum atomic E-state index is -1.08. The number of benzene rings is 2. The van der Waals surface area contributed by atoms with E-state index in [0.717, 1.165) is 15.8 Å². The van der Waals surface area contributed by atoms with Gasteiger partial charge in [0.15, 0.2) is 0 Å². The van der Waals surface area contributed by atoms with E-state index in [1.54, 1.807) is 31.4 Å². The molecule has 0 saturated carbocycles. The van der Waals surface area contributed by atoms with Crippen molar-refractivity contribution in [3.8, 4) is 17.6 Å². The molecule has 4 nitrogen and oxygen atoms in total. The van der Waals surface area contributed by atoms with Crippen LogP contribution in [0.25, 0.3) is 0 Å². The van der Waals surface area contributed by atoms with E-state index >= 15 is 0 Å². The fourth-order valence-electron chi connectivity index (χ4n) is 2.03. The fraction of sp³-hybridized carbons (Fsp3) is 0.167. The Morgan fingerprint density at radius 3 is 2.78 bits per heavy atom. The SMILES string of the molecule is C=C(C#N)C(O)c1ccccc1OCc1cc(OC)ccc1Br. The zero-order valence-corrected chi connectivity index (χ0v) is 14.2. The highest BCUT2D eigenvalue weighted by Gasteiger charge is 2.16. The molecule has 5 heteroatoms. The summed E-state index contributed by atoms with van der Waals surface area (Å²) in [6, 6.07) is 14.5. The first-order valence-corrected chi connectivity index (χ1v) is 7.67. The van der Waals surface area contributed by atoms with Gasteiger partial charge in [0.1, 0.15) is 24.2 Å². The molecule has 1 N–H and O–H groups in total. The molecule has 0 amide bonds. The first kappa shape index (κ1) is 17.1. The van der Waals surface area contributed by atoms with Crippen LogP contribution in [0.5, 0.6) is 11.5 Å². The summed E-state index contributed by atoms with van der Waals surface area (Å²) in [4.78, 5) is 0. The number of nitrogens with zero attached hydrogens (tertiary/aromatic N) is 1. The van der Waals surface area contributed by atoms with Crippen molar-refractivity contribution in [3.05, 3.63) is 70.2 Å². The molecule has 2 aromatic carbocycles. The van der Waals surface area contributed by atoms with Crippen molar-refractivity contribution in [1.82, 2.24) is 0 Å². The molecule has 0 bridgehead atoms. The lowest BCUT2D eigenvalue weighted by molar-refractivity contribution is 0.209. The number of methoxy groups -OCH3 is 1. The molecule has 118 valence electrons. The Morgan fingerprint density at radius 1 is 1.35 bits per heavy atom. The third-order valence-corrected chi connectivity index (χ3v) is 4.10. The zero-order chi connectivity index (χ0) is 16.8. The molecule has 0 fully saturated rings. The van der Waals surface area contributed by atoms with Gasteiger partial charge in [-0.2, -0.15) is 5.26 Å². The van der Waals surface area contributed by atoms with Gasteiger partial charge in [-0.05, 0) is 24.3 Å². The van der Waals surface area contributed by atoms with Gasteiger partial charge in [-0.25, -0.2) is 0 Å². The van der Waals surface area contributed by atoms with Crippen LogP contribution in [0.3, 0.4) is 0 Å². The van der Waals surface area contributed by atoms with E-state index < -0.39 is 6.10 Å². The number of aliphatic hydroxyl groups is 1. The van der Waals surface area contributed by atoms with E-state index in [1.807, 2.05) is 24.3 Å². The number of halogens is 1. The number of rotatable bonds is 6. The summed E-state index contributed by atoms with van der Waals surface area (Å²) in [5.74, 6) is 1.24. The van der Waals surface area contributed by atoms with Crippen LogP contribution in [0, 0.1) is 11.3 Å². The topological polar surface area (TPSA) is 62.5 Å². The summed E-state index contributed by atoms with van der Waals surface area (Å²) in [6.45, 7) is 3.85. The van der Waals surface area contributed by atoms with Gasteiger partial charge in [0.2, 0.25) is 0 Å². The van der Waals surface area contributed by atoms with Gasteiger partial charge in [-0.1, -0.05) is 40.7 Å². The summed E-state index contributed by atoms with van der Waals surface area (Å²) in [5.41, 5.74) is 1.49. The molecule has 2 aromatic rings. The van der Waals surface area contributed by atoms with Crippen molar-refractivity contribution in [1.29, 1.82) is 5.26 Å². The largest absolute Gasteiger partial charge is 0.497 e. The monoisotopic (exact) mass is 373 g/mol. The molecule has 0 heterocycles. The number of para-hydroxylation sites is 1. The predicted octanol–water partition coefficient (Wildman–Crippen LogP) is 4.15. The van der Waals surface area contributed by atoms with Crippen LogP contribution in [0.4, 0.5) is 0 Å². The number of hydrogen-bond donors (Lipinski definition) is 1. The molecular formula is C18H16BrNO3. The van der Waals surface area contributed by atoms with Crippen LogP contribution < -0.4 is 9.47 Å². The molecule has 0 aliphatic heterocycles. The number of hydrogen-bond acceptors (Lipinski definition) is 4. The summed E-state index contributed by atoms with van der Waals surface area (Å²) >= 11 is 3.47. The van der Waals surface area contributed by atoms with Crippen molar-refractivity contribution in [2.45, 2.75) is 12.7 Å². The molecule has 0 saturated heterocycles. The molecule has 2 rings (SSSR count). The Morgan fingerprint density at radius 2 is 2.09 bits per heavy atom. The van der Waals surface area contributed by atoms with E-state index in [4.69, 9.17) is 14.7 Å². The fourth-order valence-corrected chi connectivity index (χ4v) is 2.39. The van der Waals surface area contributed by atoms with Crippen LogP contribution in [0.1, 0.15) is 17.2 Å². The molecule has 0 radical (unpaired) electrons. The van der Waals surface area contributed by atoms with Crippen LogP contribution in [0.2, 0.25) is 0 Å². The maximum Gasteiger partial charge on any atom is 0.125 e. The van der Waals surface area contributed by atoms with E-state index in [1.165, 1.54) is 0 Å². The number of nitriles is 1. The maximum absolute atomic E-state index is 10.2. The van der Waals surface area contributed by atoms with Crippen LogP contribution in [0.15, 0.2) is 59.1 Å². The summed E-state index contributed by atoms with van der Waals surface area (Å²) in [6.07, 6.45) is -1.08. The highest BCUT2D eigenvalue weighted by molar-refractivity contribution is 9.10. The molecule has 1 unspecified atom stereocenters. The van der Waals surface area contributed by atoms with Crippen LogP contribution in [-0.2, 0) is 6.61 Å². The van der Waals surface area contributed by atoms with Gasteiger partial charge >= 0.3 is 0 Å². The van der Waals surface area contributed by atoms with Gasteiger partial charge in [0.05, 0.1) is 18.8 Å². The van der Waals surface area contributed by atoms with Crippen molar-refractivity contribution in [2.24, 2.45) is 0 Å². The first-order chi connectivity index (χ1) is 11.1. The smallest absolute Gasteiger partial charge is 0.125 e. The molecular weight excluding hydrogens is 358 g/mol. The molecule has 0 aliphatic rings. The Balaban J connectivity index is 2.22. The van der Waals surface area contributed by atoms with Crippen molar-refractivity contribution in [3.63, 3.8) is 0 Å². The molecule has 23 heavy (non-hydrogen) atoms.